The second-order valence-corrected chi connectivity index (χ2v) is 4.05. The zero-order chi connectivity index (χ0) is 10.7. The molecule has 0 bridgehead atoms. The molecule has 0 unspecified atom stereocenters. The molecule has 0 amide bonds. The Morgan fingerprint density at radius 3 is 2.57 bits per heavy atom. The zero-order valence-corrected chi connectivity index (χ0v) is 9.56. The van der Waals surface area contributed by atoms with Crippen molar-refractivity contribution in [3.8, 4) is 0 Å². The van der Waals surface area contributed by atoms with Gasteiger partial charge in [0.25, 0.3) is 0 Å². The van der Waals surface area contributed by atoms with E-state index >= 15 is 0 Å². The highest BCUT2D eigenvalue weighted by atomic mass is 35.5. The molecular weight excluding hydrogens is 221 g/mol. The van der Waals surface area contributed by atoms with Gasteiger partial charge in [-0.3, -0.25) is 4.79 Å². The lowest BCUT2D eigenvalue weighted by Crippen LogP contribution is -2.21. The summed E-state index contributed by atoms with van der Waals surface area (Å²) in [7, 11) is 3.66. The molecule has 14 heavy (non-hydrogen) atoms. The zero-order valence-electron chi connectivity index (χ0n) is 8.05. The molecule has 0 aliphatic heterocycles. The Bertz CT molecular complexity index is 350. The molecule has 76 valence electrons. The quantitative estimate of drug-likeness (QED) is 0.747. The van der Waals surface area contributed by atoms with E-state index in [1.165, 1.54) is 0 Å². The first-order valence-corrected chi connectivity index (χ1v) is 4.90. The third-order valence-corrected chi connectivity index (χ3v) is 2.53. The molecule has 0 heterocycles. The Labute approximate surface area is 93.4 Å². The Morgan fingerprint density at radius 1 is 1.36 bits per heavy atom. The minimum Gasteiger partial charge on any atom is -0.302 e. The van der Waals surface area contributed by atoms with Crippen LogP contribution >= 0.6 is 23.2 Å². The summed E-state index contributed by atoms with van der Waals surface area (Å²) < 4.78 is 0. The number of halogens is 2. The molecule has 0 saturated heterocycles. The average molecular weight is 232 g/mol. The van der Waals surface area contributed by atoms with Gasteiger partial charge < -0.3 is 4.90 Å². The van der Waals surface area contributed by atoms with E-state index in [-0.39, 0.29) is 5.78 Å². The minimum absolute atomic E-state index is 0.0255. The van der Waals surface area contributed by atoms with Crippen molar-refractivity contribution in [1.82, 2.24) is 4.90 Å². The number of Topliss-reactive ketones (excluding diaryl/α,β-unsaturated/α-hetero) is 1. The number of hydrogen-bond donors (Lipinski definition) is 0. The molecular formula is C10H11Cl2NO. The second-order valence-electron chi connectivity index (χ2n) is 3.26. The molecule has 0 N–H and O–H groups in total. The maximum atomic E-state index is 11.6. The van der Waals surface area contributed by atoms with Crippen LogP contribution in [0.4, 0.5) is 0 Å². The van der Waals surface area contributed by atoms with Gasteiger partial charge in [0.15, 0.2) is 5.78 Å². The molecule has 4 heteroatoms. The van der Waals surface area contributed by atoms with Crippen LogP contribution in [0, 0.1) is 0 Å². The fraction of sp³-hybridized carbons (Fsp3) is 0.300. The molecule has 0 aromatic heterocycles. The summed E-state index contributed by atoms with van der Waals surface area (Å²) in [5, 5.41) is 0.747. The number of nitrogens with zero attached hydrogens (tertiary/aromatic N) is 1. The van der Waals surface area contributed by atoms with Crippen molar-refractivity contribution < 1.29 is 4.79 Å². The van der Waals surface area contributed by atoms with E-state index in [1.54, 1.807) is 23.1 Å². The van der Waals surface area contributed by atoms with Crippen molar-refractivity contribution in [2.75, 3.05) is 20.6 Å². The maximum Gasteiger partial charge on any atom is 0.178 e. The molecule has 0 saturated carbocycles. The first-order chi connectivity index (χ1) is 6.52. The monoisotopic (exact) mass is 231 g/mol. The van der Waals surface area contributed by atoms with Crippen molar-refractivity contribution in [2.45, 2.75) is 0 Å². The normalized spacial score (nSPS) is 10.6. The van der Waals surface area contributed by atoms with E-state index in [1.807, 2.05) is 14.1 Å². The van der Waals surface area contributed by atoms with Crippen LogP contribution in [0.1, 0.15) is 10.4 Å². The summed E-state index contributed by atoms with van der Waals surface area (Å²) in [6.45, 7) is 0.333. The summed E-state index contributed by atoms with van der Waals surface area (Å²) in [6, 6.07) is 5.06. The van der Waals surface area contributed by atoms with Crippen LogP contribution < -0.4 is 0 Å². The number of likely N-dealkylation sites (N-methyl/N-ethyl adjacent to an activating group) is 1. The summed E-state index contributed by atoms with van der Waals surface area (Å²) in [6.07, 6.45) is 0. The summed E-state index contributed by atoms with van der Waals surface area (Å²) in [5.41, 5.74) is 0.480. The molecule has 0 aliphatic rings. The van der Waals surface area contributed by atoms with Crippen LogP contribution in [0.3, 0.4) is 0 Å². The van der Waals surface area contributed by atoms with Gasteiger partial charge in [-0.05, 0) is 26.2 Å². The van der Waals surface area contributed by atoms with Crippen molar-refractivity contribution in [3.63, 3.8) is 0 Å². The summed E-state index contributed by atoms with van der Waals surface area (Å²) in [4.78, 5) is 13.4. The van der Waals surface area contributed by atoms with Crippen LogP contribution in [0.15, 0.2) is 18.2 Å². The van der Waals surface area contributed by atoms with Gasteiger partial charge in [0.1, 0.15) is 0 Å². The highest BCUT2D eigenvalue weighted by Gasteiger charge is 2.12. The van der Waals surface area contributed by atoms with Gasteiger partial charge in [-0.1, -0.05) is 29.3 Å². The van der Waals surface area contributed by atoms with Crippen LogP contribution in [-0.4, -0.2) is 31.3 Å². The Hall–Kier alpha value is -0.570. The predicted molar refractivity (Wildman–Crippen MR) is 59.3 cm³/mol. The smallest absolute Gasteiger partial charge is 0.178 e. The van der Waals surface area contributed by atoms with E-state index < -0.39 is 0 Å². The third kappa shape index (κ3) is 2.71. The fourth-order valence-electron chi connectivity index (χ4n) is 1.09. The third-order valence-electron chi connectivity index (χ3n) is 1.71. The number of rotatable bonds is 3. The standard InChI is InChI=1S/C10H11Cl2NO/c1-13(2)6-9(14)7-4-3-5-8(11)10(7)12/h3-5H,6H2,1-2H3. The second kappa shape index (κ2) is 4.78. The van der Waals surface area contributed by atoms with Crippen LogP contribution in [0.25, 0.3) is 0 Å². The number of carbonyl (C=O) groups is 1. The lowest BCUT2D eigenvalue weighted by atomic mass is 10.1. The Morgan fingerprint density at radius 2 is 2.00 bits per heavy atom. The van der Waals surface area contributed by atoms with Gasteiger partial charge in [-0.2, -0.15) is 0 Å². The van der Waals surface area contributed by atoms with Crippen LogP contribution in [-0.2, 0) is 0 Å². The van der Waals surface area contributed by atoms with Gasteiger partial charge in [0, 0.05) is 5.56 Å². The molecule has 2 nitrogen and oxygen atoms in total. The van der Waals surface area contributed by atoms with Crippen molar-refractivity contribution in [2.24, 2.45) is 0 Å². The molecule has 0 aliphatic carbocycles. The predicted octanol–water partition coefficient (Wildman–Crippen LogP) is 2.74. The highest BCUT2D eigenvalue weighted by Crippen LogP contribution is 2.25. The first-order valence-electron chi connectivity index (χ1n) is 4.14. The number of hydrogen-bond acceptors (Lipinski definition) is 2. The van der Waals surface area contributed by atoms with E-state index in [0.29, 0.717) is 22.2 Å². The van der Waals surface area contributed by atoms with E-state index in [0.717, 1.165) is 0 Å². The van der Waals surface area contributed by atoms with E-state index in [4.69, 9.17) is 23.2 Å². The fourth-order valence-corrected chi connectivity index (χ4v) is 1.50. The summed E-state index contributed by atoms with van der Waals surface area (Å²) in [5.74, 6) is -0.0255. The molecule has 1 rings (SSSR count). The molecule has 0 spiro atoms. The van der Waals surface area contributed by atoms with E-state index in [2.05, 4.69) is 0 Å². The molecule has 1 aromatic rings. The lowest BCUT2D eigenvalue weighted by molar-refractivity contribution is 0.0958. The number of benzene rings is 1. The highest BCUT2D eigenvalue weighted by molar-refractivity contribution is 6.43. The SMILES string of the molecule is CN(C)CC(=O)c1cccc(Cl)c1Cl. The van der Waals surface area contributed by atoms with Crippen molar-refractivity contribution in [3.05, 3.63) is 33.8 Å². The minimum atomic E-state index is -0.0255. The van der Waals surface area contributed by atoms with Gasteiger partial charge in [-0.25, -0.2) is 0 Å². The molecule has 1 aromatic carbocycles. The van der Waals surface area contributed by atoms with Crippen molar-refractivity contribution in [1.29, 1.82) is 0 Å². The van der Waals surface area contributed by atoms with Gasteiger partial charge in [0.2, 0.25) is 0 Å². The molecule has 0 radical (unpaired) electrons. The largest absolute Gasteiger partial charge is 0.302 e. The van der Waals surface area contributed by atoms with Gasteiger partial charge >= 0.3 is 0 Å². The van der Waals surface area contributed by atoms with Crippen LogP contribution in [0.5, 0.6) is 0 Å². The molecule has 0 fully saturated rings. The van der Waals surface area contributed by atoms with E-state index in [9.17, 15) is 4.79 Å². The summed E-state index contributed by atoms with van der Waals surface area (Å²) >= 11 is 11.7. The lowest BCUT2D eigenvalue weighted by Gasteiger charge is -2.09. The first kappa shape index (κ1) is 11.5. The van der Waals surface area contributed by atoms with Gasteiger partial charge in [-0.15, -0.1) is 0 Å². The number of ketones is 1. The number of carbonyl (C=O) groups excluding carboxylic acids is 1. The van der Waals surface area contributed by atoms with Crippen molar-refractivity contribution >= 4 is 29.0 Å². The Balaban J connectivity index is 2.96. The Kier molecular flexibility index (Phi) is 3.93. The average Bonchev–Trinajstić information content (AvgIpc) is 2.08. The molecule has 0 atom stereocenters. The topological polar surface area (TPSA) is 20.3 Å². The van der Waals surface area contributed by atoms with Gasteiger partial charge in [0.05, 0.1) is 16.6 Å². The maximum absolute atomic E-state index is 11.6. The van der Waals surface area contributed by atoms with Crippen LogP contribution in [0.2, 0.25) is 10.0 Å².